The largest absolute Gasteiger partial charge is 0.240 e. The molecule has 0 bridgehead atoms. The number of halogens is 2. The molecule has 0 heterocycles. The third-order valence-electron chi connectivity index (χ3n) is 4.33. The van der Waals surface area contributed by atoms with E-state index in [-0.39, 0.29) is 15.8 Å². The van der Waals surface area contributed by atoms with Gasteiger partial charge in [0.1, 0.15) is 0 Å². The van der Waals surface area contributed by atoms with Gasteiger partial charge in [-0.25, -0.2) is 13.1 Å². The molecule has 0 fully saturated rings. The highest BCUT2D eigenvalue weighted by Crippen LogP contribution is 2.28. The molecule has 0 radical (unpaired) electrons. The molecule has 0 aliphatic rings. The maximum Gasteiger partial charge on any atom is 0.240 e. The van der Waals surface area contributed by atoms with E-state index in [1.54, 1.807) is 0 Å². The van der Waals surface area contributed by atoms with Gasteiger partial charge < -0.3 is 0 Å². The molecule has 0 unspecified atom stereocenters. The number of rotatable bonds is 7. The SMILES string of the molecule is O=S(=O)(NCCC(c1ccccc1)c1ccccc1)c1ccc(Cl)c(Cl)c1. The summed E-state index contributed by atoms with van der Waals surface area (Å²) in [4.78, 5) is 0.105. The van der Waals surface area contributed by atoms with Crippen LogP contribution in [0.25, 0.3) is 0 Å². The molecular weight excluding hydrogens is 401 g/mol. The fourth-order valence-corrected chi connectivity index (χ4v) is 4.40. The highest BCUT2D eigenvalue weighted by atomic mass is 35.5. The van der Waals surface area contributed by atoms with E-state index in [1.807, 2.05) is 36.4 Å². The fraction of sp³-hybridized carbons (Fsp3) is 0.143. The molecule has 0 spiro atoms. The smallest absolute Gasteiger partial charge is 0.211 e. The number of sulfonamides is 1. The minimum Gasteiger partial charge on any atom is -0.211 e. The van der Waals surface area contributed by atoms with Crippen molar-refractivity contribution in [1.82, 2.24) is 4.72 Å². The molecule has 27 heavy (non-hydrogen) atoms. The molecular formula is C21H19Cl2NO2S. The average molecular weight is 420 g/mol. The quantitative estimate of drug-likeness (QED) is 0.549. The molecule has 0 saturated heterocycles. The third kappa shape index (κ3) is 5.11. The zero-order valence-electron chi connectivity index (χ0n) is 14.5. The Bertz CT molecular complexity index is 954. The second-order valence-electron chi connectivity index (χ2n) is 6.14. The molecule has 0 amide bonds. The number of hydrogen-bond donors (Lipinski definition) is 1. The number of nitrogens with one attached hydrogen (secondary N) is 1. The lowest BCUT2D eigenvalue weighted by Crippen LogP contribution is -2.26. The number of benzene rings is 3. The summed E-state index contributed by atoms with van der Waals surface area (Å²) in [5, 5.41) is 0.537. The van der Waals surface area contributed by atoms with Gasteiger partial charge in [0.15, 0.2) is 0 Å². The van der Waals surface area contributed by atoms with Crippen LogP contribution in [0.15, 0.2) is 83.8 Å². The van der Waals surface area contributed by atoms with Gasteiger partial charge in [-0.2, -0.15) is 0 Å². The van der Waals surface area contributed by atoms with Crippen molar-refractivity contribution < 1.29 is 8.42 Å². The number of hydrogen-bond acceptors (Lipinski definition) is 2. The molecule has 0 atom stereocenters. The summed E-state index contributed by atoms with van der Waals surface area (Å²) >= 11 is 11.8. The van der Waals surface area contributed by atoms with Gasteiger partial charge in [0.25, 0.3) is 0 Å². The van der Waals surface area contributed by atoms with Crippen LogP contribution in [0.2, 0.25) is 10.0 Å². The Balaban J connectivity index is 1.75. The summed E-state index contributed by atoms with van der Waals surface area (Å²) in [5.74, 6) is 0.101. The summed E-state index contributed by atoms with van der Waals surface area (Å²) in [7, 11) is -3.65. The molecule has 3 aromatic rings. The van der Waals surface area contributed by atoms with Crippen molar-refractivity contribution in [2.75, 3.05) is 6.54 Å². The summed E-state index contributed by atoms with van der Waals surface area (Å²) < 4.78 is 27.7. The van der Waals surface area contributed by atoms with Crippen LogP contribution in [0.4, 0.5) is 0 Å². The van der Waals surface area contributed by atoms with Gasteiger partial charge in [-0.15, -0.1) is 0 Å². The van der Waals surface area contributed by atoms with Crippen LogP contribution in [0.1, 0.15) is 23.5 Å². The Morgan fingerprint density at radius 2 is 1.33 bits per heavy atom. The maximum absolute atomic E-state index is 12.5. The van der Waals surface area contributed by atoms with Gasteiger partial charge in [0.05, 0.1) is 14.9 Å². The predicted octanol–water partition coefficient (Wildman–Crippen LogP) is 5.49. The van der Waals surface area contributed by atoms with Crippen LogP contribution in [-0.2, 0) is 10.0 Å². The van der Waals surface area contributed by atoms with Gasteiger partial charge in [0.2, 0.25) is 10.0 Å². The van der Waals surface area contributed by atoms with Crippen LogP contribution in [0, 0.1) is 0 Å². The highest BCUT2D eigenvalue weighted by molar-refractivity contribution is 7.89. The van der Waals surface area contributed by atoms with Crippen molar-refractivity contribution in [3.63, 3.8) is 0 Å². The summed E-state index contributed by atoms with van der Waals surface area (Å²) in [6, 6.07) is 24.4. The topological polar surface area (TPSA) is 46.2 Å². The second kappa shape index (κ2) is 8.89. The third-order valence-corrected chi connectivity index (χ3v) is 6.53. The molecule has 0 saturated carbocycles. The van der Waals surface area contributed by atoms with Gasteiger partial charge in [-0.1, -0.05) is 83.9 Å². The summed E-state index contributed by atoms with van der Waals surface area (Å²) in [6.07, 6.45) is 0.634. The maximum atomic E-state index is 12.5. The van der Waals surface area contributed by atoms with Crippen molar-refractivity contribution in [3.05, 3.63) is 100 Å². The lowest BCUT2D eigenvalue weighted by molar-refractivity contribution is 0.575. The van der Waals surface area contributed by atoms with Gasteiger partial charge >= 0.3 is 0 Å². The first-order valence-corrected chi connectivity index (χ1v) is 10.8. The van der Waals surface area contributed by atoms with Crippen molar-refractivity contribution in [3.8, 4) is 0 Å². The van der Waals surface area contributed by atoms with Crippen molar-refractivity contribution in [1.29, 1.82) is 0 Å². The van der Waals surface area contributed by atoms with Crippen molar-refractivity contribution in [2.24, 2.45) is 0 Å². The lowest BCUT2D eigenvalue weighted by Gasteiger charge is -2.18. The van der Waals surface area contributed by atoms with Crippen LogP contribution in [0.3, 0.4) is 0 Å². The Kier molecular flexibility index (Phi) is 6.55. The van der Waals surface area contributed by atoms with Gasteiger partial charge in [0, 0.05) is 12.5 Å². The van der Waals surface area contributed by atoms with Crippen molar-refractivity contribution >= 4 is 33.2 Å². The molecule has 1 N–H and O–H groups in total. The van der Waals surface area contributed by atoms with E-state index in [0.717, 1.165) is 11.1 Å². The van der Waals surface area contributed by atoms with E-state index in [1.165, 1.54) is 18.2 Å². The van der Waals surface area contributed by atoms with E-state index in [9.17, 15) is 8.42 Å². The minimum atomic E-state index is -3.65. The lowest BCUT2D eigenvalue weighted by atomic mass is 9.89. The molecule has 3 rings (SSSR count). The Labute approximate surface area is 170 Å². The monoisotopic (exact) mass is 419 g/mol. The van der Waals surface area contributed by atoms with E-state index >= 15 is 0 Å². The molecule has 0 aliphatic heterocycles. The molecule has 3 nitrogen and oxygen atoms in total. The first-order valence-electron chi connectivity index (χ1n) is 8.52. The predicted molar refractivity (Wildman–Crippen MR) is 111 cm³/mol. The van der Waals surface area contributed by atoms with Crippen LogP contribution in [-0.4, -0.2) is 15.0 Å². The van der Waals surface area contributed by atoms with E-state index in [0.29, 0.717) is 18.0 Å². The normalized spacial score (nSPS) is 11.7. The first kappa shape index (κ1) is 19.9. The zero-order chi connectivity index (χ0) is 19.3. The zero-order valence-corrected chi connectivity index (χ0v) is 16.8. The van der Waals surface area contributed by atoms with E-state index < -0.39 is 10.0 Å². The summed E-state index contributed by atoms with van der Waals surface area (Å²) in [5.41, 5.74) is 2.30. The molecule has 6 heteroatoms. The standard InChI is InChI=1S/C21H19Cl2NO2S/c22-20-12-11-18(15-21(20)23)27(25,26)24-14-13-19(16-7-3-1-4-8-16)17-9-5-2-6-10-17/h1-12,15,19,24H,13-14H2. The van der Waals surface area contributed by atoms with Gasteiger partial charge in [-0.3, -0.25) is 0 Å². The van der Waals surface area contributed by atoms with Crippen LogP contribution < -0.4 is 4.72 Å². The Hall–Kier alpha value is -1.85. The molecule has 140 valence electrons. The van der Waals surface area contributed by atoms with Crippen LogP contribution >= 0.6 is 23.2 Å². The molecule has 0 aliphatic carbocycles. The fourth-order valence-electron chi connectivity index (χ4n) is 2.96. The second-order valence-corrected chi connectivity index (χ2v) is 8.72. The van der Waals surface area contributed by atoms with Crippen LogP contribution in [0.5, 0.6) is 0 Å². The van der Waals surface area contributed by atoms with E-state index in [2.05, 4.69) is 29.0 Å². The Morgan fingerprint density at radius 1 is 0.778 bits per heavy atom. The summed E-state index contributed by atoms with van der Waals surface area (Å²) in [6.45, 7) is 0.303. The van der Waals surface area contributed by atoms with Crippen molar-refractivity contribution in [2.45, 2.75) is 17.2 Å². The Morgan fingerprint density at radius 3 is 1.85 bits per heavy atom. The van der Waals surface area contributed by atoms with Gasteiger partial charge in [-0.05, 0) is 35.7 Å². The minimum absolute atomic E-state index is 0.101. The molecule has 3 aromatic carbocycles. The van der Waals surface area contributed by atoms with E-state index in [4.69, 9.17) is 23.2 Å². The molecule has 0 aromatic heterocycles. The average Bonchev–Trinajstić information content (AvgIpc) is 2.68. The first-order chi connectivity index (χ1) is 13.0. The highest BCUT2D eigenvalue weighted by Gasteiger charge is 2.18.